The highest BCUT2D eigenvalue weighted by molar-refractivity contribution is 6.30. The Morgan fingerprint density at radius 1 is 0.879 bits per heavy atom. The lowest BCUT2D eigenvalue weighted by molar-refractivity contribution is 0.299. The standard InChI is InChI=1S/C28H29ClN2O2/c1-19-11-12-20(2)26(21(19)3)33-18-8-4-7-17-31-27(22-13-15-23(29)16-14-22)30-25-10-6-5-9-24(25)28(31)32/h5-6,9-16H,4,7-8,17-18H2,1-3H3. The number of fused-ring (bicyclic) bond motifs is 1. The van der Waals surface area contributed by atoms with E-state index in [1.165, 1.54) is 16.7 Å². The van der Waals surface area contributed by atoms with Gasteiger partial charge in [0, 0.05) is 17.1 Å². The number of para-hydroxylation sites is 1. The highest BCUT2D eigenvalue weighted by atomic mass is 35.5. The van der Waals surface area contributed by atoms with E-state index in [4.69, 9.17) is 21.3 Å². The lowest BCUT2D eigenvalue weighted by atomic mass is 10.1. The Kier molecular flexibility index (Phi) is 7.14. The first-order valence-electron chi connectivity index (χ1n) is 11.4. The van der Waals surface area contributed by atoms with Gasteiger partial charge in [0.05, 0.1) is 17.5 Å². The summed E-state index contributed by atoms with van der Waals surface area (Å²) in [6.07, 6.45) is 2.76. The van der Waals surface area contributed by atoms with Crippen molar-refractivity contribution in [2.45, 2.75) is 46.6 Å². The average molecular weight is 461 g/mol. The predicted molar refractivity (Wildman–Crippen MR) is 136 cm³/mol. The Morgan fingerprint density at radius 3 is 2.39 bits per heavy atom. The van der Waals surface area contributed by atoms with Crippen LogP contribution in [0.3, 0.4) is 0 Å². The van der Waals surface area contributed by atoms with Crippen molar-refractivity contribution in [2.24, 2.45) is 0 Å². The summed E-state index contributed by atoms with van der Waals surface area (Å²) in [6.45, 7) is 7.57. The van der Waals surface area contributed by atoms with Gasteiger partial charge in [-0.3, -0.25) is 9.36 Å². The Balaban J connectivity index is 1.46. The summed E-state index contributed by atoms with van der Waals surface area (Å²) in [5.41, 5.74) is 5.20. The maximum absolute atomic E-state index is 13.3. The van der Waals surface area contributed by atoms with E-state index >= 15 is 0 Å². The minimum atomic E-state index is -0.00666. The topological polar surface area (TPSA) is 44.1 Å². The van der Waals surface area contributed by atoms with Crippen LogP contribution < -0.4 is 10.3 Å². The summed E-state index contributed by atoms with van der Waals surface area (Å²) in [4.78, 5) is 18.1. The van der Waals surface area contributed by atoms with Crippen molar-refractivity contribution in [1.82, 2.24) is 9.55 Å². The number of ether oxygens (including phenoxy) is 1. The maximum Gasteiger partial charge on any atom is 0.261 e. The molecule has 0 saturated heterocycles. The molecule has 4 nitrogen and oxygen atoms in total. The largest absolute Gasteiger partial charge is 0.493 e. The van der Waals surface area contributed by atoms with Gasteiger partial charge in [0.1, 0.15) is 11.6 Å². The molecular formula is C28H29ClN2O2. The van der Waals surface area contributed by atoms with Gasteiger partial charge in [-0.05, 0) is 93.1 Å². The van der Waals surface area contributed by atoms with Crippen LogP contribution in [0.1, 0.15) is 36.0 Å². The van der Waals surface area contributed by atoms with Gasteiger partial charge < -0.3 is 4.74 Å². The molecule has 33 heavy (non-hydrogen) atoms. The molecule has 0 aliphatic heterocycles. The van der Waals surface area contributed by atoms with Gasteiger partial charge in [0.2, 0.25) is 0 Å². The normalized spacial score (nSPS) is 11.2. The van der Waals surface area contributed by atoms with E-state index < -0.39 is 0 Å². The Labute approximate surface area is 199 Å². The first-order valence-corrected chi connectivity index (χ1v) is 11.8. The van der Waals surface area contributed by atoms with Gasteiger partial charge in [-0.25, -0.2) is 4.98 Å². The Bertz CT molecular complexity index is 1330. The molecule has 0 atom stereocenters. The lowest BCUT2D eigenvalue weighted by Gasteiger charge is -2.15. The highest BCUT2D eigenvalue weighted by Gasteiger charge is 2.13. The summed E-state index contributed by atoms with van der Waals surface area (Å²) in [5.74, 6) is 1.67. The van der Waals surface area contributed by atoms with E-state index in [-0.39, 0.29) is 5.56 Å². The van der Waals surface area contributed by atoms with E-state index in [9.17, 15) is 4.79 Å². The number of benzene rings is 3. The third kappa shape index (κ3) is 5.12. The molecule has 0 amide bonds. The second kappa shape index (κ2) is 10.2. The molecule has 5 heteroatoms. The van der Waals surface area contributed by atoms with Crippen LogP contribution in [0.2, 0.25) is 5.02 Å². The number of hydrogen-bond donors (Lipinski definition) is 0. The zero-order chi connectivity index (χ0) is 23.4. The smallest absolute Gasteiger partial charge is 0.261 e. The monoisotopic (exact) mass is 460 g/mol. The molecule has 0 aliphatic carbocycles. The van der Waals surface area contributed by atoms with E-state index in [1.54, 1.807) is 4.57 Å². The summed E-state index contributed by atoms with van der Waals surface area (Å²) in [7, 11) is 0. The number of unbranched alkanes of at least 4 members (excludes halogenated alkanes) is 2. The fourth-order valence-electron chi connectivity index (χ4n) is 4.07. The molecular weight excluding hydrogens is 432 g/mol. The number of aromatic nitrogens is 2. The van der Waals surface area contributed by atoms with Crippen LogP contribution in [0.5, 0.6) is 5.75 Å². The Morgan fingerprint density at radius 2 is 1.61 bits per heavy atom. The molecule has 0 radical (unpaired) electrons. The second-order valence-corrected chi connectivity index (χ2v) is 8.92. The molecule has 0 bridgehead atoms. The molecule has 4 aromatic rings. The van der Waals surface area contributed by atoms with Crippen LogP contribution in [-0.4, -0.2) is 16.2 Å². The molecule has 0 unspecified atom stereocenters. The van der Waals surface area contributed by atoms with Crippen LogP contribution in [0.25, 0.3) is 22.3 Å². The summed E-state index contributed by atoms with van der Waals surface area (Å²) < 4.78 is 7.89. The van der Waals surface area contributed by atoms with Crippen LogP contribution in [0, 0.1) is 20.8 Å². The number of rotatable bonds is 8. The molecule has 0 saturated carbocycles. The minimum absolute atomic E-state index is 0.00666. The van der Waals surface area contributed by atoms with Gasteiger partial charge >= 0.3 is 0 Å². The second-order valence-electron chi connectivity index (χ2n) is 8.48. The quantitative estimate of drug-likeness (QED) is 0.269. The molecule has 1 heterocycles. The van der Waals surface area contributed by atoms with Crippen LogP contribution >= 0.6 is 11.6 Å². The molecule has 170 valence electrons. The van der Waals surface area contributed by atoms with Crippen molar-refractivity contribution in [2.75, 3.05) is 6.61 Å². The van der Waals surface area contributed by atoms with Gasteiger partial charge in [0.25, 0.3) is 5.56 Å². The molecule has 0 spiro atoms. The van der Waals surface area contributed by atoms with Crippen molar-refractivity contribution in [3.05, 3.63) is 92.7 Å². The molecule has 3 aromatic carbocycles. The van der Waals surface area contributed by atoms with E-state index in [2.05, 4.69) is 32.9 Å². The Hall–Kier alpha value is -3.11. The maximum atomic E-state index is 13.3. The van der Waals surface area contributed by atoms with Crippen LogP contribution in [0.15, 0.2) is 65.5 Å². The average Bonchev–Trinajstić information content (AvgIpc) is 2.82. The summed E-state index contributed by atoms with van der Waals surface area (Å²) >= 11 is 6.07. The molecule has 0 fully saturated rings. The minimum Gasteiger partial charge on any atom is -0.493 e. The molecule has 4 rings (SSSR count). The number of halogens is 1. The zero-order valence-electron chi connectivity index (χ0n) is 19.4. The first-order chi connectivity index (χ1) is 16.0. The van der Waals surface area contributed by atoms with Crippen molar-refractivity contribution in [1.29, 1.82) is 0 Å². The van der Waals surface area contributed by atoms with E-state index in [1.807, 2.05) is 48.5 Å². The van der Waals surface area contributed by atoms with Gasteiger partial charge in [-0.1, -0.05) is 35.9 Å². The summed E-state index contributed by atoms with van der Waals surface area (Å²) in [5, 5.41) is 1.30. The molecule has 0 N–H and O–H groups in total. The molecule has 0 aliphatic rings. The van der Waals surface area contributed by atoms with Gasteiger partial charge in [-0.2, -0.15) is 0 Å². The van der Waals surface area contributed by atoms with Crippen LogP contribution in [-0.2, 0) is 6.54 Å². The van der Waals surface area contributed by atoms with Gasteiger partial charge in [-0.15, -0.1) is 0 Å². The highest BCUT2D eigenvalue weighted by Crippen LogP contribution is 2.26. The third-order valence-electron chi connectivity index (χ3n) is 6.11. The van der Waals surface area contributed by atoms with E-state index in [0.29, 0.717) is 34.9 Å². The van der Waals surface area contributed by atoms with Crippen LogP contribution in [0.4, 0.5) is 0 Å². The number of nitrogens with zero attached hydrogens (tertiary/aromatic N) is 2. The fraction of sp³-hybridized carbons (Fsp3) is 0.286. The fourth-order valence-corrected chi connectivity index (χ4v) is 4.19. The van der Waals surface area contributed by atoms with Crippen molar-refractivity contribution in [3.8, 4) is 17.1 Å². The third-order valence-corrected chi connectivity index (χ3v) is 6.36. The molecule has 1 aromatic heterocycles. The van der Waals surface area contributed by atoms with Gasteiger partial charge in [0.15, 0.2) is 0 Å². The SMILES string of the molecule is Cc1ccc(C)c(OCCCCCn2c(-c3ccc(Cl)cc3)nc3ccccc3c2=O)c1C. The summed E-state index contributed by atoms with van der Waals surface area (Å²) in [6, 6.07) is 19.2. The first kappa shape index (κ1) is 23.1. The van der Waals surface area contributed by atoms with Crippen molar-refractivity contribution < 1.29 is 4.74 Å². The van der Waals surface area contributed by atoms with Crippen molar-refractivity contribution in [3.63, 3.8) is 0 Å². The predicted octanol–water partition coefficient (Wildman–Crippen LogP) is 6.89. The van der Waals surface area contributed by atoms with Crippen molar-refractivity contribution >= 4 is 22.5 Å². The number of aryl methyl sites for hydroxylation is 2. The number of hydrogen-bond acceptors (Lipinski definition) is 3. The van der Waals surface area contributed by atoms with E-state index in [0.717, 1.165) is 30.6 Å². The lowest BCUT2D eigenvalue weighted by Crippen LogP contribution is -2.23. The zero-order valence-corrected chi connectivity index (χ0v) is 20.2.